The molecule has 0 radical (unpaired) electrons. The van der Waals surface area contributed by atoms with E-state index in [2.05, 4.69) is 36.4 Å². The van der Waals surface area contributed by atoms with Gasteiger partial charge in [0.1, 0.15) is 6.04 Å². The van der Waals surface area contributed by atoms with Crippen LogP contribution in [-0.4, -0.2) is 32.9 Å². The van der Waals surface area contributed by atoms with Crippen molar-refractivity contribution in [3.63, 3.8) is 0 Å². The minimum Gasteiger partial charge on any atom is -0.312 e. The molecule has 0 bridgehead atoms. The SMILES string of the molecule is CC(C)(C)NCCCC[C@@H](C(=O)C(C)(C)C)n1ccnn1. The molecule has 1 N–H and O–H groups in total. The summed E-state index contributed by atoms with van der Waals surface area (Å²) in [5.74, 6) is 0.219. The van der Waals surface area contributed by atoms with Crippen molar-refractivity contribution in [2.75, 3.05) is 6.54 Å². The predicted octanol–water partition coefficient (Wildman–Crippen LogP) is 2.99. The molecule has 1 rings (SSSR count). The smallest absolute Gasteiger partial charge is 0.162 e. The highest BCUT2D eigenvalue weighted by Gasteiger charge is 2.30. The summed E-state index contributed by atoms with van der Waals surface area (Å²) in [6.07, 6.45) is 6.27. The Labute approximate surface area is 128 Å². The van der Waals surface area contributed by atoms with E-state index in [1.807, 2.05) is 20.8 Å². The molecule has 0 fully saturated rings. The fourth-order valence-electron chi connectivity index (χ4n) is 2.19. The first kappa shape index (κ1) is 17.8. The van der Waals surface area contributed by atoms with Crippen LogP contribution >= 0.6 is 0 Å². The number of unbranched alkanes of at least 4 members (excludes halogenated alkanes) is 1. The number of ketones is 1. The van der Waals surface area contributed by atoms with E-state index in [1.54, 1.807) is 17.1 Å². The Hall–Kier alpha value is -1.23. The van der Waals surface area contributed by atoms with E-state index in [1.165, 1.54) is 0 Å². The van der Waals surface area contributed by atoms with E-state index in [9.17, 15) is 4.79 Å². The average molecular weight is 294 g/mol. The van der Waals surface area contributed by atoms with Crippen molar-refractivity contribution in [3.05, 3.63) is 12.4 Å². The Morgan fingerprint density at radius 2 is 1.86 bits per heavy atom. The molecule has 21 heavy (non-hydrogen) atoms. The van der Waals surface area contributed by atoms with Crippen LogP contribution in [0.3, 0.4) is 0 Å². The van der Waals surface area contributed by atoms with E-state index >= 15 is 0 Å². The molecule has 0 aliphatic carbocycles. The summed E-state index contributed by atoms with van der Waals surface area (Å²) in [7, 11) is 0. The summed E-state index contributed by atoms with van der Waals surface area (Å²) < 4.78 is 1.70. The van der Waals surface area contributed by atoms with Crippen molar-refractivity contribution in [1.82, 2.24) is 20.3 Å². The van der Waals surface area contributed by atoms with Crippen LogP contribution in [-0.2, 0) is 4.79 Å². The van der Waals surface area contributed by atoms with Crippen LogP contribution in [0.4, 0.5) is 0 Å². The molecule has 5 heteroatoms. The lowest BCUT2D eigenvalue weighted by molar-refractivity contribution is -0.130. The number of hydrogen-bond donors (Lipinski definition) is 1. The van der Waals surface area contributed by atoms with Gasteiger partial charge in [-0.2, -0.15) is 0 Å². The fraction of sp³-hybridized carbons (Fsp3) is 0.812. The third-order valence-corrected chi connectivity index (χ3v) is 3.36. The standard InChI is InChI=1S/C16H30N4O/c1-15(2,3)14(21)13(20-12-11-18-19-20)9-7-8-10-17-16(4,5)6/h11-13,17H,7-10H2,1-6H3/t13-/m0/s1. The normalized spacial score (nSPS) is 14.2. The van der Waals surface area contributed by atoms with Crippen molar-refractivity contribution < 1.29 is 4.79 Å². The number of carbonyl (C=O) groups excluding carboxylic acids is 1. The number of Topliss-reactive ketones (excluding diaryl/α,β-unsaturated/α-hetero) is 1. The molecule has 5 nitrogen and oxygen atoms in total. The van der Waals surface area contributed by atoms with Gasteiger partial charge in [0.2, 0.25) is 0 Å². The number of carbonyl (C=O) groups is 1. The number of nitrogens with one attached hydrogen (secondary N) is 1. The Kier molecular flexibility index (Phi) is 6.08. The maximum absolute atomic E-state index is 12.6. The van der Waals surface area contributed by atoms with Crippen molar-refractivity contribution in [1.29, 1.82) is 0 Å². The van der Waals surface area contributed by atoms with Gasteiger partial charge in [-0.25, -0.2) is 4.68 Å². The Balaban J connectivity index is 2.54. The van der Waals surface area contributed by atoms with Crippen molar-refractivity contribution in [3.8, 4) is 0 Å². The van der Waals surface area contributed by atoms with Gasteiger partial charge in [0.05, 0.1) is 6.20 Å². The molecular formula is C16H30N4O. The molecule has 0 saturated heterocycles. The Morgan fingerprint density at radius 1 is 1.19 bits per heavy atom. The predicted molar refractivity (Wildman–Crippen MR) is 85.1 cm³/mol. The van der Waals surface area contributed by atoms with Gasteiger partial charge in [0, 0.05) is 17.2 Å². The lowest BCUT2D eigenvalue weighted by Gasteiger charge is -2.25. The van der Waals surface area contributed by atoms with Crippen molar-refractivity contribution in [2.45, 2.75) is 72.4 Å². The molecule has 0 saturated carbocycles. The summed E-state index contributed by atoms with van der Waals surface area (Å²) in [6.45, 7) is 13.3. The van der Waals surface area contributed by atoms with Crippen LogP contribution in [0.2, 0.25) is 0 Å². The topological polar surface area (TPSA) is 59.8 Å². The van der Waals surface area contributed by atoms with Gasteiger partial charge in [0.15, 0.2) is 5.78 Å². The first-order valence-electron chi connectivity index (χ1n) is 7.76. The summed E-state index contributed by atoms with van der Waals surface area (Å²) in [4.78, 5) is 12.6. The van der Waals surface area contributed by atoms with Gasteiger partial charge in [-0.3, -0.25) is 4.79 Å². The van der Waals surface area contributed by atoms with E-state index in [0.717, 1.165) is 25.8 Å². The van der Waals surface area contributed by atoms with E-state index in [4.69, 9.17) is 0 Å². The second-order valence-corrected chi connectivity index (χ2v) is 7.69. The largest absolute Gasteiger partial charge is 0.312 e. The molecule has 1 aromatic heterocycles. The van der Waals surface area contributed by atoms with Crippen LogP contribution in [0.5, 0.6) is 0 Å². The van der Waals surface area contributed by atoms with E-state index in [0.29, 0.717) is 0 Å². The Bertz CT molecular complexity index is 426. The van der Waals surface area contributed by atoms with E-state index < -0.39 is 0 Å². The van der Waals surface area contributed by atoms with Crippen LogP contribution in [0.1, 0.15) is 66.8 Å². The summed E-state index contributed by atoms with van der Waals surface area (Å²) in [6, 6.07) is -0.206. The third-order valence-electron chi connectivity index (χ3n) is 3.36. The summed E-state index contributed by atoms with van der Waals surface area (Å²) in [5, 5.41) is 11.3. The van der Waals surface area contributed by atoms with Crippen LogP contribution in [0.25, 0.3) is 0 Å². The molecule has 120 valence electrons. The van der Waals surface area contributed by atoms with Gasteiger partial charge in [-0.15, -0.1) is 5.10 Å². The second-order valence-electron chi connectivity index (χ2n) is 7.69. The first-order chi connectivity index (χ1) is 9.61. The van der Waals surface area contributed by atoms with Crippen LogP contribution in [0, 0.1) is 5.41 Å². The molecule has 1 aromatic rings. The van der Waals surface area contributed by atoms with Crippen LogP contribution < -0.4 is 5.32 Å². The zero-order chi connectivity index (χ0) is 16.1. The highest BCUT2D eigenvalue weighted by molar-refractivity contribution is 5.87. The maximum Gasteiger partial charge on any atom is 0.162 e. The minimum atomic E-state index is -0.361. The number of rotatable bonds is 7. The van der Waals surface area contributed by atoms with Gasteiger partial charge < -0.3 is 5.32 Å². The van der Waals surface area contributed by atoms with Gasteiger partial charge >= 0.3 is 0 Å². The molecule has 0 aliphatic rings. The first-order valence-corrected chi connectivity index (χ1v) is 7.76. The minimum absolute atomic E-state index is 0.145. The average Bonchev–Trinajstić information content (AvgIpc) is 2.84. The fourth-order valence-corrected chi connectivity index (χ4v) is 2.19. The lowest BCUT2D eigenvalue weighted by atomic mass is 9.85. The molecule has 0 spiro atoms. The highest BCUT2D eigenvalue weighted by atomic mass is 16.1. The van der Waals surface area contributed by atoms with Gasteiger partial charge in [0.25, 0.3) is 0 Å². The molecule has 1 heterocycles. The molecule has 1 atom stereocenters. The van der Waals surface area contributed by atoms with E-state index in [-0.39, 0.29) is 22.8 Å². The van der Waals surface area contributed by atoms with Gasteiger partial charge in [-0.05, 0) is 46.6 Å². The number of aromatic nitrogens is 3. The molecule has 0 aliphatic heterocycles. The highest BCUT2D eigenvalue weighted by Crippen LogP contribution is 2.26. The zero-order valence-corrected chi connectivity index (χ0v) is 14.3. The summed E-state index contributed by atoms with van der Waals surface area (Å²) in [5.41, 5.74) is -0.215. The second kappa shape index (κ2) is 7.16. The summed E-state index contributed by atoms with van der Waals surface area (Å²) >= 11 is 0. The third kappa shape index (κ3) is 6.38. The lowest BCUT2D eigenvalue weighted by Crippen LogP contribution is -2.36. The number of hydrogen-bond acceptors (Lipinski definition) is 4. The maximum atomic E-state index is 12.6. The monoisotopic (exact) mass is 294 g/mol. The molecule has 0 unspecified atom stereocenters. The van der Waals surface area contributed by atoms with Crippen molar-refractivity contribution in [2.24, 2.45) is 5.41 Å². The quantitative estimate of drug-likeness (QED) is 0.785. The van der Waals surface area contributed by atoms with Crippen LogP contribution in [0.15, 0.2) is 12.4 Å². The zero-order valence-electron chi connectivity index (χ0n) is 14.3. The molecular weight excluding hydrogens is 264 g/mol. The molecule has 0 amide bonds. The molecule has 0 aromatic carbocycles. The number of nitrogens with zero attached hydrogens (tertiary/aromatic N) is 3. The van der Waals surface area contributed by atoms with Crippen molar-refractivity contribution >= 4 is 5.78 Å². The van der Waals surface area contributed by atoms with Gasteiger partial charge in [-0.1, -0.05) is 26.0 Å². The Morgan fingerprint density at radius 3 is 2.33 bits per heavy atom.